The van der Waals surface area contributed by atoms with E-state index < -0.39 is 0 Å². The molecule has 0 aliphatic rings. The van der Waals surface area contributed by atoms with Gasteiger partial charge >= 0.3 is 0 Å². The van der Waals surface area contributed by atoms with Gasteiger partial charge in [0.1, 0.15) is 0 Å². The molecule has 3 aromatic rings. The van der Waals surface area contributed by atoms with Crippen LogP contribution in [0.3, 0.4) is 0 Å². The normalized spacial score (nSPS) is 10.8. The molecular weight excluding hydrogens is 326 g/mol. The molecule has 0 radical (unpaired) electrons. The third kappa shape index (κ3) is 3.99. The van der Waals surface area contributed by atoms with Crippen molar-refractivity contribution in [1.29, 1.82) is 0 Å². The Morgan fingerprint density at radius 3 is 2.46 bits per heavy atom. The first-order valence-corrected chi connectivity index (χ1v) is 8.88. The fourth-order valence-corrected chi connectivity index (χ4v) is 3.04. The lowest BCUT2D eigenvalue weighted by Gasteiger charge is -2.22. The quantitative estimate of drug-likeness (QED) is 0.743. The highest BCUT2D eigenvalue weighted by atomic mass is 16.2. The van der Waals surface area contributed by atoms with Crippen molar-refractivity contribution in [2.24, 2.45) is 0 Å². The number of aromatic amines is 1. The molecule has 0 fully saturated rings. The number of rotatable bonds is 6. The minimum absolute atomic E-state index is 0.0112. The number of nitrogens with one attached hydrogen (secondary N) is 1. The maximum Gasteiger partial charge on any atom is 0.272 e. The second kappa shape index (κ2) is 7.95. The Hall–Kier alpha value is -2.95. The molecule has 0 unspecified atom stereocenters. The molecule has 0 atom stereocenters. The summed E-state index contributed by atoms with van der Waals surface area (Å²) in [5.41, 5.74) is 2.68. The number of benzene rings is 2. The number of carbonyl (C=O) groups is 1. The molecular formula is C21H23N3O2. The SMILES string of the molecule is CCCN(Cc1ccc(C)cc1)C(=O)Cc1n[nH]c(=O)c2ccccc12. The lowest BCUT2D eigenvalue weighted by molar-refractivity contribution is -0.131. The van der Waals surface area contributed by atoms with E-state index in [0.29, 0.717) is 24.2 Å². The van der Waals surface area contributed by atoms with Gasteiger partial charge in [-0.15, -0.1) is 0 Å². The van der Waals surface area contributed by atoms with Gasteiger partial charge in [-0.3, -0.25) is 9.59 Å². The Balaban J connectivity index is 1.83. The predicted molar refractivity (Wildman–Crippen MR) is 103 cm³/mol. The molecule has 0 bridgehead atoms. The van der Waals surface area contributed by atoms with Gasteiger partial charge in [-0.2, -0.15) is 5.10 Å². The molecule has 26 heavy (non-hydrogen) atoms. The number of H-pyrrole nitrogens is 1. The lowest BCUT2D eigenvalue weighted by atomic mass is 10.1. The second-order valence-corrected chi connectivity index (χ2v) is 6.52. The van der Waals surface area contributed by atoms with E-state index >= 15 is 0 Å². The number of nitrogens with zero attached hydrogens (tertiary/aromatic N) is 2. The van der Waals surface area contributed by atoms with E-state index in [1.807, 2.05) is 30.0 Å². The van der Waals surface area contributed by atoms with Crippen molar-refractivity contribution in [1.82, 2.24) is 15.1 Å². The van der Waals surface area contributed by atoms with E-state index in [1.54, 1.807) is 6.07 Å². The van der Waals surface area contributed by atoms with Gasteiger partial charge in [0.15, 0.2) is 0 Å². The summed E-state index contributed by atoms with van der Waals surface area (Å²) in [5.74, 6) is 0.0112. The molecule has 2 aromatic carbocycles. The van der Waals surface area contributed by atoms with Crippen LogP contribution in [0.1, 0.15) is 30.2 Å². The van der Waals surface area contributed by atoms with E-state index in [1.165, 1.54) is 5.56 Å². The number of fused-ring (bicyclic) bond motifs is 1. The Morgan fingerprint density at radius 1 is 1.08 bits per heavy atom. The summed E-state index contributed by atoms with van der Waals surface area (Å²) < 4.78 is 0. The smallest absolute Gasteiger partial charge is 0.272 e. The molecule has 1 aromatic heterocycles. The standard InChI is InChI=1S/C21H23N3O2/c1-3-12-24(14-16-10-8-15(2)9-11-16)20(25)13-19-17-6-4-5-7-18(17)21(26)23-22-19/h4-11H,3,12-14H2,1-2H3,(H,23,26). The molecule has 0 saturated carbocycles. The molecule has 0 aliphatic carbocycles. The van der Waals surface area contributed by atoms with Crippen LogP contribution in [0, 0.1) is 6.92 Å². The van der Waals surface area contributed by atoms with Crippen LogP contribution in [0.15, 0.2) is 53.3 Å². The fourth-order valence-electron chi connectivity index (χ4n) is 3.04. The average Bonchev–Trinajstić information content (AvgIpc) is 2.65. The minimum atomic E-state index is -0.234. The van der Waals surface area contributed by atoms with Crippen molar-refractivity contribution in [2.75, 3.05) is 6.54 Å². The van der Waals surface area contributed by atoms with Crippen molar-refractivity contribution in [3.63, 3.8) is 0 Å². The van der Waals surface area contributed by atoms with Gasteiger partial charge in [-0.1, -0.05) is 55.0 Å². The predicted octanol–water partition coefficient (Wildman–Crippen LogP) is 3.21. The molecule has 0 saturated heterocycles. The molecule has 5 nitrogen and oxygen atoms in total. The van der Waals surface area contributed by atoms with Crippen LogP contribution < -0.4 is 5.56 Å². The highest BCUT2D eigenvalue weighted by Gasteiger charge is 2.17. The topological polar surface area (TPSA) is 66.1 Å². The van der Waals surface area contributed by atoms with Crippen LogP contribution in [0.2, 0.25) is 0 Å². The lowest BCUT2D eigenvalue weighted by Crippen LogP contribution is -2.33. The van der Waals surface area contributed by atoms with Crippen molar-refractivity contribution in [3.8, 4) is 0 Å². The third-order valence-electron chi connectivity index (χ3n) is 4.43. The molecule has 1 amide bonds. The minimum Gasteiger partial charge on any atom is -0.338 e. The van der Waals surface area contributed by atoms with Crippen molar-refractivity contribution >= 4 is 16.7 Å². The summed E-state index contributed by atoms with van der Waals surface area (Å²) in [5, 5.41) is 7.92. The van der Waals surface area contributed by atoms with Crippen LogP contribution in [-0.2, 0) is 17.8 Å². The number of hydrogen-bond acceptors (Lipinski definition) is 3. The van der Waals surface area contributed by atoms with Gasteiger partial charge in [0, 0.05) is 18.5 Å². The van der Waals surface area contributed by atoms with Crippen LogP contribution in [0.4, 0.5) is 0 Å². The highest BCUT2D eigenvalue weighted by molar-refractivity contribution is 5.88. The Morgan fingerprint density at radius 2 is 1.77 bits per heavy atom. The van der Waals surface area contributed by atoms with Gasteiger partial charge in [-0.25, -0.2) is 5.10 Å². The summed E-state index contributed by atoms with van der Waals surface area (Å²) in [6.07, 6.45) is 1.06. The zero-order valence-electron chi connectivity index (χ0n) is 15.2. The largest absolute Gasteiger partial charge is 0.338 e. The molecule has 1 N–H and O–H groups in total. The van der Waals surface area contributed by atoms with Crippen molar-refractivity contribution in [3.05, 3.63) is 75.7 Å². The maximum atomic E-state index is 12.9. The number of aryl methyl sites for hydroxylation is 1. The molecule has 0 aliphatic heterocycles. The second-order valence-electron chi connectivity index (χ2n) is 6.52. The van der Waals surface area contributed by atoms with E-state index in [0.717, 1.165) is 17.4 Å². The summed E-state index contributed by atoms with van der Waals surface area (Å²) in [7, 11) is 0. The zero-order valence-corrected chi connectivity index (χ0v) is 15.2. The van der Waals surface area contributed by atoms with Gasteiger partial charge in [-0.05, 0) is 25.0 Å². The maximum absolute atomic E-state index is 12.9. The number of amides is 1. The Kier molecular flexibility index (Phi) is 5.46. The van der Waals surface area contributed by atoms with Crippen LogP contribution >= 0.6 is 0 Å². The van der Waals surface area contributed by atoms with Crippen LogP contribution in [0.5, 0.6) is 0 Å². The Labute approximate surface area is 152 Å². The van der Waals surface area contributed by atoms with E-state index in [2.05, 4.69) is 41.4 Å². The fraction of sp³-hybridized carbons (Fsp3) is 0.286. The Bertz CT molecular complexity index is 961. The van der Waals surface area contributed by atoms with E-state index in [-0.39, 0.29) is 17.9 Å². The zero-order chi connectivity index (χ0) is 18.5. The molecule has 134 valence electrons. The monoisotopic (exact) mass is 349 g/mol. The summed E-state index contributed by atoms with van der Waals surface area (Å²) in [6.45, 7) is 5.37. The van der Waals surface area contributed by atoms with Gasteiger partial charge < -0.3 is 4.90 Å². The average molecular weight is 349 g/mol. The molecule has 5 heteroatoms. The first-order valence-electron chi connectivity index (χ1n) is 8.88. The molecule has 1 heterocycles. The van der Waals surface area contributed by atoms with E-state index in [4.69, 9.17) is 0 Å². The first kappa shape index (κ1) is 17.9. The number of aromatic nitrogens is 2. The van der Waals surface area contributed by atoms with E-state index in [9.17, 15) is 9.59 Å². The molecule has 0 spiro atoms. The number of carbonyl (C=O) groups excluding carboxylic acids is 1. The molecule has 3 rings (SSSR count). The van der Waals surface area contributed by atoms with Gasteiger partial charge in [0.05, 0.1) is 17.5 Å². The van der Waals surface area contributed by atoms with Gasteiger partial charge in [0.25, 0.3) is 5.56 Å². The summed E-state index contributed by atoms with van der Waals surface area (Å²) >= 11 is 0. The third-order valence-corrected chi connectivity index (χ3v) is 4.43. The summed E-state index contributed by atoms with van der Waals surface area (Å²) in [4.78, 5) is 26.7. The van der Waals surface area contributed by atoms with Crippen LogP contribution in [-0.4, -0.2) is 27.5 Å². The van der Waals surface area contributed by atoms with Crippen molar-refractivity contribution in [2.45, 2.75) is 33.2 Å². The summed E-state index contributed by atoms with van der Waals surface area (Å²) in [6, 6.07) is 15.5. The number of hydrogen-bond donors (Lipinski definition) is 1. The highest BCUT2D eigenvalue weighted by Crippen LogP contribution is 2.15. The van der Waals surface area contributed by atoms with Gasteiger partial charge in [0.2, 0.25) is 5.91 Å². The van der Waals surface area contributed by atoms with Crippen molar-refractivity contribution < 1.29 is 4.79 Å². The van der Waals surface area contributed by atoms with Crippen LogP contribution in [0.25, 0.3) is 10.8 Å². The first-order chi connectivity index (χ1) is 12.6.